The zero-order valence-corrected chi connectivity index (χ0v) is 19.5. The lowest BCUT2D eigenvalue weighted by molar-refractivity contribution is -0.138. The van der Waals surface area contributed by atoms with Gasteiger partial charge in [-0.25, -0.2) is 0 Å². The van der Waals surface area contributed by atoms with Crippen molar-refractivity contribution in [2.75, 3.05) is 20.2 Å². The molecule has 4 atom stereocenters. The summed E-state index contributed by atoms with van der Waals surface area (Å²) in [6, 6.07) is 8.72. The maximum atomic E-state index is 13.6. The third-order valence-electron chi connectivity index (χ3n) is 6.77. The van der Waals surface area contributed by atoms with E-state index in [1.807, 2.05) is 23.6 Å². The number of amides is 4. The van der Waals surface area contributed by atoms with Crippen LogP contribution in [0.3, 0.4) is 0 Å². The highest BCUT2D eigenvalue weighted by atomic mass is 32.1. The van der Waals surface area contributed by atoms with Crippen LogP contribution in [0.15, 0.2) is 41.8 Å². The van der Waals surface area contributed by atoms with E-state index in [0.29, 0.717) is 30.0 Å². The number of benzene rings is 1. The SMILES string of the molecule is COc1ccccc1CC(=O)N[C@H]1C[C@@H]2C(=O)N[C@H]3CCN(C(=O)c4cccs4)[C@@H]3C(=O)N2C1. The van der Waals surface area contributed by atoms with Gasteiger partial charge in [-0.1, -0.05) is 24.3 Å². The first-order chi connectivity index (χ1) is 16.5. The summed E-state index contributed by atoms with van der Waals surface area (Å²) < 4.78 is 5.31. The van der Waals surface area contributed by atoms with Gasteiger partial charge in [0.2, 0.25) is 17.7 Å². The summed E-state index contributed by atoms with van der Waals surface area (Å²) in [4.78, 5) is 55.9. The molecule has 4 heterocycles. The van der Waals surface area contributed by atoms with E-state index in [1.54, 1.807) is 30.2 Å². The summed E-state index contributed by atoms with van der Waals surface area (Å²) in [5.74, 6) is -0.224. The molecule has 2 N–H and O–H groups in total. The molecule has 2 aromatic rings. The maximum absolute atomic E-state index is 13.6. The van der Waals surface area contributed by atoms with Gasteiger partial charge in [-0.2, -0.15) is 0 Å². The van der Waals surface area contributed by atoms with Crippen LogP contribution < -0.4 is 15.4 Å². The van der Waals surface area contributed by atoms with Crippen molar-refractivity contribution in [3.05, 3.63) is 52.2 Å². The molecule has 10 heteroatoms. The van der Waals surface area contributed by atoms with Crippen molar-refractivity contribution in [3.63, 3.8) is 0 Å². The molecular formula is C24H26N4O5S. The zero-order valence-electron chi connectivity index (χ0n) is 18.7. The van der Waals surface area contributed by atoms with Crippen LogP contribution in [0.5, 0.6) is 5.75 Å². The topological polar surface area (TPSA) is 108 Å². The van der Waals surface area contributed by atoms with Crippen molar-refractivity contribution in [1.29, 1.82) is 0 Å². The molecule has 3 fully saturated rings. The molecule has 3 saturated heterocycles. The number of carbonyl (C=O) groups excluding carboxylic acids is 4. The lowest BCUT2D eigenvalue weighted by Gasteiger charge is -2.29. The molecule has 1 aromatic carbocycles. The minimum Gasteiger partial charge on any atom is -0.496 e. The van der Waals surface area contributed by atoms with Crippen LogP contribution >= 0.6 is 11.3 Å². The lowest BCUT2D eigenvalue weighted by Crippen LogP contribution is -2.52. The number of carbonyl (C=O) groups is 4. The normalized spacial score (nSPS) is 25.9. The first-order valence-electron chi connectivity index (χ1n) is 11.3. The first-order valence-corrected chi connectivity index (χ1v) is 12.2. The molecule has 4 amide bonds. The fraction of sp³-hybridized carbons (Fsp3) is 0.417. The van der Waals surface area contributed by atoms with E-state index in [0.717, 1.165) is 5.56 Å². The second-order valence-corrected chi connectivity index (χ2v) is 9.77. The summed E-state index contributed by atoms with van der Waals surface area (Å²) in [7, 11) is 1.56. The predicted molar refractivity (Wildman–Crippen MR) is 124 cm³/mol. The molecule has 0 aliphatic carbocycles. The molecule has 0 radical (unpaired) electrons. The number of ether oxygens (including phenoxy) is 1. The molecule has 3 aliphatic rings. The van der Waals surface area contributed by atoms with Crippen LogP contribution in [0.1, 0.15) is 28.1 Å². The van der Waals surface area contributed by atoms with Gasteiger partial charge in [0, 0.05) is 24.7 Å². The number of nitrogens with one attached hydrogen (secondary N) is 2. The highest BCUT2D eigenvalue weighted by Gasteiger charge is 2.52. The minimum atomic E-state index is -0.730. The third kappa shape index (κ3) is 4.02. The average molecular weight is 483 g/mol. The van der Waals surface area contributed by atoms with E-state index in [-0.39, 0.29) is 42.6 Å². The fourth-order valence-corrected chi connectivity index (χ4v) is 5.88. The molecular weight excluding hydrogens is 456 g/mol. The van der Waals surface area contributed by atoms with Crippen LogP contribution in [-0.4, -0.2) is 77.8 Å². The van der Waals surface area contributed by atoms with E-state index in [1.165, 1.54) is 16.2 Å². The molecule has 0 unspecified atom stereocenters. The Balaban J connectivity index is 1.29. The fourth-order valence-electron chi connectivity index (χ4n) is 5.20. The van der Waals surface area contributed by atoms with Gasteiger partial charge in [0.15, 0.2) is 0 Å². The van der Waals surface area contributed by atoms with Crippen molar-refractivity contribution >= 4 is 35.0 Å². The van der Waals surface area contributed by atoms with E-state index < -0.39 is 18.1 Å². The molecule has 5 rings (SSSR count). The zero-order chi connectivity index (χ0) is 23.8. The summed E-state index contributed by atoms with van der Waals surface area (Å²) in [5, 5.41) is 7.77. The molecule has 9 nitrogen and oxygen atoms in total. The minimum absolute atomic E-state index is 0.138. The van der Waals surface area contributed by atoms with Gasteiger partial charge in [0.25, 0.3) is 5.91 Å². The highest BCUT2D eigenvalue weighted by molar-refractivity contribution is 7.12. The Morgan fingerprint density at radius 3 is 2.79 bits per heavy atom. The van der Waals surface area contributed by atoms with E-state index in [2.05, 4.69) is 10.6 Å². The van der Waals surface area contributed by atoms with Gasteiger partial charge < -0.3 is 25.2 Å². The Morgan fingerprint density at radius 1 is 1.21 bits per heavy atom. The second kappa shape index (κ2) is 9.09. The molecule has 3 aliphatic heterocycles. The molecule has 1 aromatic heterocycles. The van der Waals surface area contributed by atoms with Crippen LogP contribution in [0.25, 0.3) is 0 Å². The van der Waals surface area contributed by atoms with E-state index in [9.17, 15) is 19.2 Å². The molecule has 0 saturated carbocycles. The van der Waals surface area contributed by atoms with Crippen molar-refractivity contribution < 1.29 is 23.9 Å². The largest absolute Gasteiger partial charge is 0.496 e. The van der Waals surface area contributed by atoms with Crippen LogP contribution in [0.4, 0.5) is 0 Å². The summed E-state index contributed by atoms with van der Waals surface area (Å²) in [5.41, 5.74) is 0.764. The Morgan fingerprint density at radius 2 is 2.03 bits per heavy atom. The molecule has 178 valence electrons. The van der Waals surface area contributed by atoms with Gasteiger partial charge in [0.05, 0.1) is 24.4 Å². The number of likely N-dealkylation sites (tertiary alicyclic amines) is 1. The van der Waals surface area contributed by atoms with Crippen molar-refractivity contribution in [3.8, 4) is 5.75 Å². The number of nitrogens with zero attached hydrogens (tertiary/aromatic N) is 2. The van der Waals surface area contributed by atoms with Gasteiger partial charge in [-0.05, 0) is 30.4 Å². The number of hydrogen-bond acceptors (Lipinski definition) is 6. The average Bonchev–Trinajstić information content (AvgIpc) is 3.57. The van der Waals surface area contributed by atoms with Crippen molar-refractivity contribution in [2.24, 2.45) is 0 Å². The van der Waals surface area contributed by atoms with Crippen LogP contribution in [0.2, 0.25) is 0 Å². The molecule has 0 bridgehead atoms. The Labute approximate surface area is 201 Å². The summed E-state index contributed by atoms with van der Waals surface area (Å²) >= 11 is 1.33. The first kappa shape index (κ1) is 22.4. The van der Waals surface area contributed by atoms with Gasteiger partial charge in [-0.3, -0.25) is 19.2 Å². The van der Waals surface area contributed by atoms with Gasteiger partial charge in [-0.15, -0.1) is 11.3 Å². The quantitative estimate of drug-likeness (QED) is 0.656. The standard InChI is InChI=1S/C24H26N4O5S/c1-33-18-6-3-2-5-14(18)11-20(29)25-15-12-17-22(30)26-16-8-9-27(21(16)24(32)28(17)13-15)23(31)19-7-4-10-34-19/h2-7,10,15-17,21H,8-9,11-13H2,1H3,(H,25,29)(H,26,30)/t15-,16-,17+,21-/m0/s1. The third-order valence-corrected chi connectivity index (χ3v) is 7.62. The Bertz CT molecular complexity index is 1120. The Kier molecular flexibility index (Phi) is 5.99. The maximum Gasteiger partial charge on any atom is 0.264 e. The number of para-hydroxylation sites is 1. The van der Waals surface area contributed by atoms with Crippen LogP contribution in [0, 0.1) is 0 Å². The Hall–Kier alpha value is -3.40. The number of methoxy groups -OCH3 is 1. The van der Waals surface area contributed by atoms with Crippen LogP contribution in [-0.2, 0) is 20.8 Å². The lowest BCUT2D eigenvalue weighted by atomic mass is 10.1. The summed E-state index contributed by atoms with van der Waals surface area (Å²) in [6.45, 7) is 0.647. The number of hydrogen-bond donors (Lipinski definition) is 2. The highest BCUT2D eigenvalue weighted by Crippen LogP contribution is 2.30. The number of fused-ring (bicyclic) bond motifs is 2. The van der Waals surface area contributed by atoms with E-state index in [4.69, 9.17) is 4.74 Å². The summed E-state index contributed by atoms with van der Waals surface area (Å²) in [6.07, 6.45) is 1.02. The van der Waals surface area contributed by atoms with Gasteiger partial charge in [0.1, 0.15) is 17.8 Å². The van der Waals surface area contributed by atoms with E-state index >= 15 is 0 Å². The molecule has 34 heavy (non-hydrogen) atoms. The monoisotopic (exact) mass is 482 g/mol. The van der Waals surface area contributed by atoms with Crippen molar-refractivity contribution in [1.82, 2.24) is 20.4 Å². The second-order valence-electron chi connectivity index (χ2n) is 8.82. The molecule has 0 spiro atoms. The predicted octanol–water partition coefficient (Wildman–Crippen LogP) is 0.798. The number of thiophene rings is 1. The van der Waals surface area contributed by atoms with Gasteiger partial charge >= 0.3 is 0 Å². The van der Waals surface area contributed by atoms with Crippen molar-refractivity contribution in [2.45, 2.75) is 43.4 Å². The smallest absolute Gasteiger partial charge is 0.264 e. The number of rotatable bonds is 5.